The molecule has 0 radical (unpaired) electrons. The van der Waals surface area contributed by atoms with E-state index in [0.29, 0.717) is 12.8 Å². The van der Waals surface area contributed by atoms with Gasteiger partial charge in [-0.15, -0.1) is 22.7 Å². The van der Waals surface area contributed by atoms with Crippen LogP contribution in [0.2, 0.25) is 0 Å². The van der Waals surface area contributed by atoms with Crippen LogP contribution in [0.15, 0.2) is 51.6 Å². The van der Waals surface area contributed by atoms with Gasteiger partial charge in [0.05, 0.1) is 4.88 Å². The minimum Gasteiger partial charge on any atom is -0.460 e. The summed E-state index contributed by atoms with van der Waals surface area (Å²) in [5.74, 6) is 1.88. The van der Waals surface area contributed by atoms with E-state index < -0.39 is 0 Å². The summed E-state index contributed by atoms with van der Waals surface area (Å²) in [7, 11) is 0. The number of amides is 1. The fraction of sp³-hybridized carbons (Fsp3) is 0.381. The van der Waals surface area contributed by atoms with Crippen LogP contribution in [0.4, 0.5) is 0 Å². The van der Waals surface area contributed by atoms with E-state index in [1.807, 2.05) is 29.6 Å². The number of thiophene rings is 2. The smallest absolute Gasteiger partial charge is 0.220 e. The highest BCUT2D eigenvalue weighted by atomic mass is 32.1. The molecule has 4 heterocycles. The molecule has 1 amide bonds. The molecule has 0 saturated carbocycles. The Morgan fingerprint density at radius 3 is 2.89 bits per heavy atom. The third kappa shape index (κ3) is 5.09. The minimum atomic E-state index is 0.118. The first-order valence-electron chi connectivity index (χ1n) is 9.43. The van der Waals surface area contributed by atoms with E-state index in [0.717, 1.165) is 48.9 Å². The summed E-state index contributed by atoms with van der Waals surface area (Å²) >= 11 is 3.46. The minimum absolute atomic E-state index is 0.118. The molecule has 3 aromatic rings. The second-order valence-electron chi connectivity index (χ2n) is 6.96. The first kappa shape index (κ1) is 18.5. The van der Waals surface area contributed by atoms with Crippen LogP contribution in [0.1, 0.15) is 29.9 Å². The van der Waals surface area contributed by atoms with Crippen LogP contribution in [0, 0.1) is 0 Å². The highest BCUT2D eigenvalue weighted by molar-refractivity contribution is 7.13. The van der Waals surface area contributed by atoms with Crippen molar-refractivity contribution in [2.24, 2.45) is 0 Å². The number of carbonyl (C=O) groups excluding carboxylic acids is 1. The Bertz CT molecular complexity index is 840. The monoisotopic (exact) mass is 400 g/mol. The number of hydrogen-bond donors (Lipinski definition) is 1. The van der Waals surface area contributed by atoms with Gasteiger partial charge in [0.15, 0.2) is 0 Å². The molecule has 1 unspecified atom stereocenters. The van der Waals surface area contributed by atoms with Crippen molar-refractivity contribution in [3.8, 4) is 10.6 Å². The maximum absolute atomic E-state index is 12.4. The topological polar surface area (TPSA) is 45.5 Å². The van der Waals surface area contributed by atoms with Gasteiger partial charge in [0.2, 0.25) is 5.91 Å². The van der Waals surface area contributed by atoms with Crippen LogP contribution < -0.4 is 5.32 Å². The van der Waals surface area contributed by atoms with Gasteiger partial charge in [0, 0.05) is 36.9 Å². The molecule has 0 spiro atoms. The Labute approximate surface area is 167 Å². The van der Waals surface area contributed by atoms with Gasteiger partial charge in [-0.25, -0.2) is 0 Å². The number of hydrogen-bond acceptors (Lipinski definition) is 5. The lowest BCUT2D eigenvalue weighted by Gasteiger charge is -2.32. The van der Waals surface area contributed by atoms with Crippen LogP contribution in [0.5, 0.6) is 0 Å². The first-order chi connectivity index (χ1) is 13.3. The molecule has 0 aliphatic carbocycles. The van der Waals surface area contributed by atoms with Crippen LogP contribution in [0.25, 0.3) is 10.6 Å². The Morgan fingerprint density at radius 2 is 2.07 bits per heavy atom. The van der Waals surface area contributed by atoms with E-state index in [2.05, 4.69) is 27.7 Å². The van der Waals surface area contributed by atoms with Crippen LogP contribution in [-0.2, 0) is 17.8 Å². The van der Waals surface area contributed by atoms with Crippen LogP contribution >= 0.6 is 22.7 Å². The third-order valence-corrected chi connectivity index (χ3v) is 6.60. The number of nitrogens with one attached hydrogen (secondary N) is 1. The van der Waals surface area contributed by atoms with Crippen molar-refractivity contribution in [1.29, 1.82) is 0 Å². The Hall–Kier alpha value is -1.89. The van der Waals surface area contributed by atoms with Crippen molar-refractivity contribution in [1.82, 2.24) is 10.2 Å². The van der Waals surface area contributed by atoms with Crippen molar-refractivity contribution in [3.05, 3.63) is 57.8 Å². The van der Waals surface area contributed by atoms with Crippen LogP contribution in [0.3, 0.4) is 0 Å². The molecule has 4 rings (SSSR count). The summed E-state index contributed by atoms with van der Waals surface area (Å²) < 4.78 is 5.87. The molecule has 1 fully saturated rings. The Balaban J connectivity index is 1.23. The van der Waals surface area contributed by atoms with Crippen molar-refractivity contribution < 1.29 is 9.21 Å². The number of likely N-dealkylation sites (tertiary alicyclic amines) is 1. The second-order valence-corrected chi connectivity index (χ2v) is 8.94. The zero-order chi connectivity index (χ0) is 18.5. The zero-order valence-corrected chi connectivity index (χ0v) is 16.9. The van der Waals surface area contributed by atoms with E-state index in [4.69, 9.17) is 4.42 Å². The van der Waals surface area contributed by atoms with Crippen molar-refractivity contribution in [2.75, 3.05) is 13.1 Å². The lowest BCUT2D eigenvalue weighted by atomic mass is 10.1. The van der Waals surface area contributed by atoms with Crippen molar-refractivity contribution >= 4 is 28.6 Å². The number of aryl methyl sites for hydroxylation is 1. The van der Waals surface area contributed by atoms with Crippen LogP contribution in [-0.4, -0.2) is 29.9 Å². The predicted octanol–water partition coefficient (Wildman–Crippen LogP) is 4.78. The molecule has 0 aromatic carbocycles. The molecule has 1 atom stereocenters. The van der Waals surface area contributed by atoms with E-state index >= 15 is 0 Å². The van der Waals surface area contributed by atoms with Gasteiger partial charge in [-0.3, -0.25) is 9.69 Å². The highest BCUT2D eigenvalue weighted by Gasteiger charge is 2.21. The van der Waals surface area contributed by atoms with Crippen molar-refractivity contribution in [2.45, 2.75) is 38.3 Å². The summed E-state index contributed by atoms with van der Waals surface area (Å²) in [4.78, 5) is 17.3. The summed E-state index contributed by atoms with van der Waals surface area (Å²) in [6, 6.07) is 12.6. The molecule has 1 saturated heterocycles. The van der Waals surface area contributed by atoms with E-state index in [-0.39, 0.29) is 11.9 Å². The summed E-state index contributed by atoms with van der Waals surface area (Å²) in [6.45, 7) is 3.04. The number of furan rings is 1. The predicted molar refractivity (Wildman–Crippen MR) is 111 cm³/mol. The summed E-state index contributed by atoms with van der Waals surface area (Å²) in [6.07, 6.45) is 3.32. The quantitative estimate of drug-likeness (QED) is 0.621. The molecule has 27 heavy (non-hydrogen) atoms. The number of piperidine rings is 1. The molecular formula is C21H24N2O2S2. The van der Waals surface area contributed by atoms with E-state index in [1.165, 1.54) is 4.88 Å². The number of carbonyl (C=O) groups is 1. The maximum Gasteiger partial charge on any atom is 0.220 e. The zero-order valence-electron chi connectivity index (χ0n) is 15.2. The van der Waals surface area contributed by atoms with Gasteiger partial charge in [-0.1, -0.05) is 12.1 Å². The molecule has 3 aromatic heterocycles. The van der Waals surface area contributed by atoms with Gasteiger partial charge in [0.25, 0.3) is 0 Å². The summed E-state index contributed by atoms with van der Waals surface area (Å²) in [5, 5.41) is 7.38. The fourth-order valence-electron chi connectivity index (χ4n) is 3.54. The number of nitrogens with zero attached hydrogens (tertiary/aromatic N) is 1. The fourth-order valence-corrected chi connectivity index (χ4v) is 4.97. The average Bonchev–Trinajstić information content (AvgIpc) is 3.42. The third-order valence-electron chi connectivity index (χ3n) is 4.85. The molecule has 0 bridgehead atoms. The molecule has 142 valence electrons. The Morgan fingerprint density at radius 1 is 1.19 bits per heavy atom. The van der Waals surface area contributed by atoms with Gasteiger partial charge in [0.1, 0.15) is 11.5 Å². The normalized spacial score (nSPS) is 17.9. The van der Waals surface area contributed by atoms with Gasteiger partial charge < -0.3 is 9.73 Å². The largest absolute Gasteiger partial charge is 0.460 e. The van der Waals surface area contributed by atoms with Gasteiger partial charge in [-0.2, -0.15) is 0 Å². The highest BCUT2D eigenvalue weighted by Crippen LogP contribution is 2.27. The average molecular weight is 401 g/mol. The maximum atomic E-state index is 12.4. The summed E-state index contributed by atoms with van der Waals surface area (Å²) in [5.41, 5.74) is 0. The lowest BCUT2D eigenvalue weighted by Crippen LogP contribution is -2.47. The number of rotatable bonds is 7. The second kappa shape index (κ2) is 8.87. The molecular weight excluding hydrogens is 376 g/mol. The SMILES string of the molecule is O=C(CCc1ccc(-c2cccs2)o1)NC1CCCN(Cc2cccs2)C1. The van der Waals surface area contributed by atoms with Gasteiger partial charge >= 0.3 is 0 Å². The lowest BCUT2D eigenvalue weighted by molar-refractivity contribution is -0.122. The Kier molecular flexibility index (Phi) is 6.07. The van der Waals surface area contributed by atoms with E-state index in [1.54, 1.807) is 22.7 Å². The molecule has 4 nitrogen and oxygen atoms in total. The standard InChI is InChI=1S/C21H24N2O2S2/c24-21(10-8-17-7-9-19(25-17)20-6-3-13-27-20)22-16-4-1-11-23(14-16)15-18-5-2-12-26-18/h2-3,5-7,9,12-13,16H,1,4,8,10-11,14-15H2,(H,22,24). The first-order valence-corrected chi connectivity index (χ1v) is 11.2. The van der Waals surface area contributed by atoms with E-state index in [9.17, 15) is 4.79 Å². The van der Waals surface area contributed by atoms with Crippen molar-refractivity contribution in [3.63, 3.8) is 0 Å². The van der Waals surface area contributed by atoms with Gasteiger partial charge in [-0.05, 0) is 54.4 Å². The molecule has 6 heteroatoms. The molecule has 1 aliphatic heterocycles. The molecule has 1 aliphatic rings. The molecule has 1 N–H and O–H groups in total.